The molecule has 128 valence electrons. The Balaban J connectivity index is 1.61. The van der Waals surface area contributed by atoms with Gasteiger partial charge in [0.1, 0.15) is 12.0 Å². The summed E-state index contributed by atoms with van der Waals surface area (Å²) >= 11 is 3.05. The van der Waals surface area contributed by atoms with Crippen LogP contribution in [0.1, 0.15) is 6.42 Å². The van der Waals surface area contributed by atoms with Crippen molar-refractivity contribution in [2.24, 2.45) is 5.90 Å². The molecular formula is C16H13N3O4S2. The minimum absolute atomic E-state index is 0.00153. The predicted octanol–water partition coefficient (Wildman–Crippen LogP) is 2.37. The number of β-lactam (4-membered cyclic amide) rings is 1. The van der Waals surface area contributed by atoms with Crippen molar-refractivity contribution in [2.75, 3.05) is 5.75 Å². The average molecular weight is 375 g/mol. The number of hydrogen-bond donors (Lipinski definition) is 1. The molecule has 0 aliphatic carbocycles. The number of aromatic nitrogens is 1. The van der Waals surface area contributed by atoms with E-state index in [9.17, 15) is 9.59 Å². The number of hydrogen-bond acceptors (Lipinski definition) is 8. The molecule has 2 aliphatic rings. The second-order valence-electron chi connectivity index (χ2n) is 5.37. The largest absolute Gasteiger partial charge is 0.445 e. The molecule has 1 fully saturated rings. The normalized spacial score (nSPS) is 19.5. The van der Waals surface area contributed by atoms with Crippen LogP contribution in [0.5, 0.6) is 0 Å². The zero-order chi connectivity index (χ0) is 17.4. The van der Waals surface area contributed by atoms with Gasteiger partial charge in [-0.2, -0.15) is 5.90 Å². The summed E-state index contributed by atoms with van der Waals surface area (Å²) in [7, 11) is 0. The zero-order valence-electron chi connectivity index (χ0n) is 12.9. The van der Waals surface area contributed by atoms with Gasteiger partial charge in [-0.15, -0.1) is 11.8 Å². The highest BCUT2D eigenvalue weighted by molar-refractivity contribution is 8.06. The van der Waals surface area contributed by atoms with E-state index in [4.69, 9.17) is 10.3 Å². The molecule has 0 saturated carbocycles. The molecule has 1 atom stereocenters. The van der Waals surface area contributed by atoms with E-state index < -0.39 is 5.97 Å². The molecule has 9 heteroatoms. The monoisotopic (exact) mass is 375 g/mol. The van der Waals surface area contributed by atoms with Crippen molar-refractivity contribution in [1.82, 2.24) is 9.88 Å². The lowest BCUT2D eigenvalue weighted by atomic mass is 10.1. The van der Waals surface area contributed by atoms with Crippen LogP contribution in [0.15, 0.2) is 56.6 Å². The standard InChI is InChI=1S/C16H13N3O4S2/c17-23-16(21)14-11(8-24-13-7-12(20)19(13)14)25-10-3-1-9(2-4-10)15-18-5-6-22-15/h1-6,13H,7-8,17H2/t13-/m0/s1. The van der Waals surface area contributed by atoms with Crippen LogP contribution < -0.4 is 5.90 Å². The highest BCUT2D eigenvalue weighted by Gasteiger charge is 2.46. The maximum Gasteiger partial charge on any atom is 0.374 e. The Kier molecular flexibility index (Phi) is 4.28. The van der Waals surface area contributed by atoms with Crippen molar-refractivity contribution in [1.29, 1.82) is 0 Å². The number of carbonyl (C=O) groups is 2. The second kappa shape index (κ2) is 6.58. The van der Waals surface area contributed by atoms with E-state index in [-0.39, 0.29) is 17.0 Å². The lowest BCUT2D eigenvalue weighted by Gasteiger charge is -2.43. The van der Waals surface area contributed by atoms with Gasteiger partial charge in [-0.25, -0.2) is 9.78 Å². The van der Waals surface area contributed by atoms with Crippen molar-refractivity contribution in [3.8, 4) is 11.5 Å². The number of nitrogens with zero attached hydrogens (tertiary/aromatic N) is 2. The number of rotatable bonds is 4. The quantitative estimate of drug-likeness (QED) is 0.642. The molecule has 7 nitrogen and oxygen atoms in total. The van der Waals surface area contributed by atoms with Gasteiger partial charge in [-0.1, -0.05) is 11.8 Å². The van der Waals surface area contributed by atoms with Gasteiger partial charge in [0.05, 0.1) is 18.0 Å². The van der Waals surface area contributed by atoms with Crippen molar-refractivity contribution in [3.05, 3.63) is 47.3 Å². The second-order valence-corrected chi connectivity index (χ2v) is 7.71. The van der Waals surface area contributed by atoms with E-state index in [2.05, 4.69) is 9.82 Å². The number of benzene rings is 1. The Labute approximate surface area is 151 Å². The van der Waals surface area contributed by atoms with Crippen LogP contribution >= 0.6 is 23.5 Å². The van der Waals surface area contributed by atoms with Crippen LogP contribution in [0.3, 0.4) is 0 Å². The van der Waals surface area contributed by atoms with Crippen LogP contribution in [-0.4, -0.2) is 32.9 Å². The first-order valence-electron chi connectivity index (χ1n) is 7.43. The van der Waals surface area contributed by atoms with Crippen molar-refractivity contribution < 1.29 is 18.8 Å². The first-order valence-corrected chi connectivity index (χ1v) is 9.29. The molecule has 1 aromatic heterocycles. The molecule has 0 spiro atoms. The molecule has 4 rings (SSSR count). The fourth-order valence-corrected chi connectivity index (χ4v) is 5.07. The third-order valence-electron chi connectivity index (χ3n) is 3.89. The minimum atomic E-state index is -0.683. The summed E-state index contributed by atoms with van der Waals surface area (Å²) < 4.78 is 5.27. The topological polar surface area (TPSA) is 98.7 Å². The van der Waals surface area contributed by atoms with Gasteiger partial charge in [0, 0.05) is 21.1 Å². The Morgan fingerprint density at radius 1 is 1.40 bits per heavy atom. The Morgan fingerprint density at radius 2 is 2.20 bits per heavy atom. The third kappa shape index (κ3) is 2.94. The third-order valence-corrected chi connectivity index (χ3v) is 6.39. The van der Waals surface area contributed by atoms with E-state index >= 15 is 0 Å². The Morgan fingerprint density at radius 3 is 2.84 bits per heavy atom. The van der Waals surface area contributed by atoms with Crippen LogP contribution in [0.4, 0.5) is 0 Å². The smallest absolute Gasteiger partial charge is 0.374 e. The lowest BCUT2D eigenvalue weighted by molar-refractivity contribution is -0.149. The van der Waals surface area contributed by atoms with Crippen molar-refractivity contribution in [3.63, 3.8) is 0 Å². The fourth-order valence-electron chi connectivity index (χ4n) is 2.68. The maximum atomic E-state index is 12.1. The van der Waals surface area contributed by atoms with E-state index in [1.54, 1.807) is 18.0 Å². The summed E-state index contributed by atoms with van der Waals surface area (Å²) in [6, 6.07) is 7.61. The Bertz CT molecular complexity index is 849. The van der Waals surface area contributed by atoms with Gasteiger partial charge in [-0.05, 0) is 24.3 Å². The first-order chi connectivity index (χ1) is 12.2. The summed E-state index contributed by atoms with van der Waals surface area (Å²) in [5.74, 6) is 5.46. The molecule has 0 bridgehead atoms. The molecule has 2 N–H and O–H groups in total. The Hall–Kier alpha value is -2.23. The molecule has 1 saturated heterocycles. The predicted molar refractivity (Wildman–Crippen MR) is 92.8 cm³/mol. The highest BCUT2D eigenvalue weighted by atomic mass is 32.2. The van der Waals surface area contributed by atoms with E-state index in [0.717, 1.165) is 15.4 Å². The molecular weight excluding hydrogens is 362 g/mol. The van der Waals surface area contributed by atoms with Gasteiger partial charge >= 0.3 is 5.97 Å². The van der Waals surface area contributed by atoms with Crippen LogP contribution in [0, 0.1) is 0 Å². The van der Waals surface area contributed by atoms with Gasteiger partial charge in [-0.3, -0.25) is 9.69 Å². The first kappa shape index (κ1) is 16.2. The van der Waals surface area contributed by atoms with Crippen LogP contribution in [0.25, 0.3) is 11.5 Å². The van der Waals surface area contributed by atoms with E-state index in [1.807, 2.05) is 24.3 Å². The lowest BCUT2D eigenvalue weighted by Crippen LogP contribution is -2.54. The summed E-state index contributed by atoms with van der Waals surface area (Å²) in [4.78, 5) is 35.6. The number of fused-ring (bicyclic) bond motifs is 1. The summed E-state index contributed by atoms with van der Waals surface area (Å²) in [6.45, 7) is 0. The zero-order valence-corrected chi connectivity index (χ0v) is 14.5. The van der Waals surface area contributed by atoms with Gasteiger partial charge < -0.3 is 9.25 Å². The fraction of sp³-hybridized carbons (Fsp3) is 0.188. The van der Waals surface area contributed by atoms with E-state index in [0.29, 0.717) is 18.1 Å². The molecule has 2 aromatic rings. The number of thioether (sulfide) groups is 2. The summed E-state index contributed by atoms with van der Waals surface area (Å²) in [5, 5.41) is -0.00153. The van der Waals surface area contributed by atoms with Gasteiger partial charge in [0.2, 0.25) is 11.8 Å². The molecule has 0 unspecified atom stereocenters. The highest BCUT2D eigenvalue weighted by Crippen LogP contribution is 2.45. The molecule has 2 aliphatic heterocycles. The number of amides is 1. The van der Waals surface area contributed by atoms with Gasteiger partial charge in [0.15, 0.2) is 0 Å². The van der Waals surface area contributed by atoms with Crippen LogP contribution in [-0.2, 0) is 14.4 Å². The minimum Gasteiger partial charge on any atom is -0.445 e. The number of nitrogens with two attached hydrogens (primary N) is 1. The maximum absolute atomic E-state index is 12.1. The average Bonchev–Trinajstić information content (AvgIpc) is 3.16. The van der Waals surface area contributed by atoms with Gasteiger partial charge in [0.25, 0.3) is 0 Å². The molecule has 3 heterocycles. The molecule has 25 heavy (non-hydrogen) atoms. The molecule has 1 aromatic carbocycles. The van der Waals surface area contributed by atoms with Crippen LogP contribution in [0.2, 0.25) is 0 Å². The van der Waals surface area contributed by atoms with Crippen molar-refractivity contribution in [2.45, 2.75) is 16.7 Å². The van der Waals surface area contributed by atoms with E-state index in [1.165, 1.54) is 22.9 Å². The molecule has 0 radical (unpaired) electrons. The van der Waals surface area contributed by atoms with Crippen molar-refractivity contribution >= 4 is 35.4 Å². The number of oxazole rings is 1. The summed E-state index contributed by atoms with van der Waals surface area (Å²) in [6.07, 6.45) is 3.55. The molecule has 1 amide bonds. The SMILES string of the molecule is NOC(=O)C1=C(Sc2ccc(-c3ncco3)cc2)CS[C@H]2CC(=O)N12. The number of carbonyl (C=O) groups excluding carboxylic acids is 2. The summed E-state index contributed by atoms with van der Waals surface area (Å²) in [5.41, 5.74) is 1.12.